The fourth-order valence-corrected chi connectivity index (χ4v) is 3.32. The van der Waals surface area contributed by atoms with Crippen LogP contribution in [0.3, 0.4) is 0 Å². The number of aromatic nitrogens is 2. The molecule has 7 heteroatoms. The van der Waals surface area contributed by atoms with Crippen molar-refractivity contribution >= 4 is 23.0 Å². The van der Waals surface area contributed by atoms with Crippen LogP contribution in [0.5, 0.6) is 0 Å². The first kappa shape index (κ1) is 18.2. The van der Waals surface area contributed by atoms with Gasteiger partial charge in [-0.25, -0.2) is 9.78 Å². The summed E-state index contributed by atoms with van der Waals surface area (Å²) in [4.78, 5) is 30.1. The van der Waals surface area contributed by atoms with Crippen molar-refractivity contribution in [2.75, 3.05) is 26.2 Å². The average Bonchev–Trinajstić information content (AvgIpc) is 3.08. The van der Waals surface area contributed by atoms with Crippen molar-refractivity contribution in [2.45, 2.75) is 32.7 Å². The van der Waals surface area contributed by atoms with Gasteiger partial charge < -0.3 is 19.5 Å². The number of fused-ring (bicyclic) bond motifs is 1. The molecule has 2 aromatic rings. The third kappa shape index (κ3) is 4.33. The largest absolute Gasteiger partial charge is 0.466 e. The van der Waals surface area contributed by atoms with Gasteiger partial charge in [-0.3, -0.25) is 4.79 Å². The predicted molar refractivity (Wildman–Crippen MR) is 98.7 cm³/mol. The number of carbonyl (C=O) groups is 2. The van der Waals surface area contributed by atoms with Crippen LogP contribution in [-0.2, 0) is 16.1 Å². The second kappa shape index (κ2) is 8.69. The van der Waals surface area contributed by atoms with Gasteiger partial charge in [-0.1, -0.05) is 12.1 Å². The molecule has 1 aromatic carbocycles. The quantitative estimate of drug-likeness (QED) is 0.635. The Morgan fingerprint density at radius 2 is 2.04 bits per heavy atom. The van der Waals surface area contributed by atoms with E-state index in [1.807, 2.05) is 31.5 Å². The number of ether oxygens (including phenoxy) is 1. The molecule has 1 aliphatic rings. The van der Waals surface area contributed by atoms with E-state index in [-0.39, 0.29) is 17.9 Å². The van der Waals surface area contributed by atoms with Crippen molar-refractivity contribution in [1.29, 1.82) is 0 Å². The molecule has 140 valence electrons. The molecule has 1 N–H and O–H groups in total. The number of hydrogen-bond donors (Lipinski definition) is 1. The number of rotatable bonds is 6. The number of aryl methyl sites for hydroxylation is 1. The van der Waals surface area contributed by atoms with Crippen LogP contribution in [0.4, 0.5) is 4.79 Å². The lowest BCUT2D eigenvalue weighted by atomic mass is 9.97. The van der Waals surface area contributed by atoms with Crippen molar-refractivity contribution in [3.8, 4) is 0 Å². The molecule has 0 bridgehead atoms. The lowest BCUT2D eigenvalue weighted by Gasteiger charge is -2.30. The standard InChI is InChI=1S/C19H26N4O3/c1-2-26-18(24)15-8-12-22(13-9-15)19(25)20-10-5-11-23-14-21-16-6-3-4-7-17(16)23/h3-4,6-7,14-15H,2,5,8-13H2,1H3,(H,20,25). The molecule has 0 spiro atoms. The lowest BCUT2D eigenvalue weighted by molar-refractivity contribution is -0.149. The fourth-order valence-electron chi connectivity index (χ4n) is 3.32. The summed E-state index contributed by atoms with van der Waals surface area (Å²) in [5.74, 6) is -0.214. The summed E-state index contributed by atoms with van der Waals surface area (Å²) < 4.78 is 7.16. The van der Waals surface area contributed by atoms with E-state index in [9.17, 15) is 9.59 Å². The van der Waals surface area contributed by atoms with Crippen LogP contribution in [0.25, 0.3) is 11.0 Å². The molecule has 26 heavy (non-hydrogen) atoms. The highest BCUT2D eigenvalue weighted by molar-refractivity contribution is 5.76. The molecule has 2 amide bonds. The zero-order valence-electron chi connectivity index (χ0n) is 15.2. The van der Waals surface area contributed by atoms with Gasteiger partial charge in [-0.15, -0.1) is 0 Å². The van der Waals surface area contributed by atoms with Crippen LogP contribution in [0, 0.1) is 5.92 Å². The molecule has 0 unspecified atom stereocenters. The molecule has 0 aliphatic carbocycles. The minimum atomic E-state index is -0.139. The zero-order valence-corrected chi connectivity index (χ0v) is 15.2. The monoisotopic (exact) mass is 358 g/mol. The highest BCUT2D eigenvalue weighted by atomic mass is 16.5. The van der Waals surface area contributed by atoms with E-state index in [4.69, 9.17) is 4.74 Å². The van der Waals surface area contributed by atoms with Crippen LogP contribution >= 0.6 is 0 Å². The van der Waals surface area contributed by atoms with Gasteiger partial charge in [-0.2, -0.15) is 0 Å². The minimum Gasteiger partial charge on any atom is -0.466 e. The molecule has 2 heterocycles. The van der Waals surface area contributed by atoms with Crippen molar-refractivity contribution < 1.29 is 14.3 Å². The van der Waals surface area contributed by atoms with E-state index < -0.39 is 0 Å². The van der Waals surface area contributed by atoms with Crippen LogP contribution in [0.15, 0.2) is 30.6 Å². The van der Waals surface area contributed by atoms with Gasteiger partial charge >= 0.3 is 12.0 Å². The topological polar surface area (TPSA) is 76.5 Å². The number of benzene rings is 1. The molecule has 1 aliphatic heterocycles. The number of para-hydroxylation sites is 2. The maximum atomic E-state index is 12.3. The Labute approximate surface area is 153 Å². The number of urea groups is 1. The summed E-state index contributed by atoms with van der Waals surface area (Å²) >= 11 is 0. The van der Waals surface area contributed by atoms with Crippen molar-refractivity contribution in [2.24, 2.45) is 5.92 Å². The van der Waals surface area contributed by atoms with Gasteiger partial charge in [0.05, 0.1) is 29.9 Å². The molecule has 1 saturated heterocycles. The van der Waals surface area contributed by atoms with Gasteiger partial charge in [0.2, 0.25) is 0 Å². The van der Waals surface area contributed by atoms with E-state index in [1.54, 1.807) is 4.90 Å². The summed E-state index contributed by atoms with van der Waals surface area (Å²) in [7, 11) is 0. The third-order valence-corrected chi connectivity index (χ3v) is 4.78. The number of hydrogen-bond acceptors (Lipinski definition) is 4. The summed E-state index contributed by atoms with van der Waals surface area (Å²) in [6, 6.07) is 7.97. The maximum absolute atomic E-state index is 12.3. The Kier molecular flexibility index (Phi) is 6.09. The van der Waals surface area contributed by atoms with Crippen molar-refractivity contribution in [1.82, 2.24) is 19.8 Å². The van der Waals surface area contributed by atoms with Crippen molar-refractivity contribution in [3.05, 3.63) is 30.6 Å². The van der Waals surface area contributed by atoms with E-state index in [1.165, 1.54) is 0 Å². The van der Waals surface area contributed by atoms with E-state index >= 15 is 0 Å². The Morgan fingerprint density at radius 3 is 2.81 bits per heavy atom. The number of amides is 2. The third-order valence-electron chi connectivity index (χ3n) is 4.78. The first-order valence-electron chi connectivity index (χ1n) is 9.28. The highest BCUT2D eigenvalue weighted by Crippen LogP contribution is 2.18. The predicted octanol–water partition coefficient (Wildman–Crippen LogP) is 2.41. The molecular weight excluding hydrogens is 332 g/mol. The van der Waals surface area contributed by atoms with Crippen LogP contribution in [-0.4, -0.2) is 52.7 Å². The Balaban J connectivity index is 1.38. The Hall–Kier alpha value is -2.57. The smallest absolute Gasteiger partial charge is 0.317 e. The number of likely N-dealkylation sites (tertiary alicyclic amines) is 1. The number of piperidine rings is 1. The number of nitrogens with one attached hydrogen (secondary N) is 1. The molecule has 0 radical (unpaired) electrons. The average molecular weight is 358 g/mol. The summed E-state index contributed by atoms with van der Waals surface area (Å²) in [5.41, 5.74) is 2.10. The van der Waals surface area contributed by atoms with E-state index in [0.29, 0.717) is 39.1 Å². The second-order valence-electron chi connectivity index (χ2n) is 6.53. The molecule has 0 atom stereocenters. The number of esters is 1. The number of carbonyl (C=O) groups excluding carboxylic acids is 2. The van der Waals surface area contributed by atoms with Gasteiger partial charge in [0, 0.05) is 26.2 Å². The normalized spacial score (nSPS) is 15.2. The highest BCUT2D eigenvalue weighted by Gasteiger charge is 2.27. The van der Waals surface area contributed by atoms with Crippen molar-refractivity contribution in [3.63, 3.8) is 0 Å². The summed E-state index contributed by atoms with van der Waals surface area (Å²) in [6.07, 6.45) is 4.03. The zero-order chi connectivity index (χ0) is 18.4. The first-order chi connectivity index (χ1) is 12.7. The minimum absolute atomic E-state index is 0.0530. The summed E-state index contributed by atoms with van der Waals surface area (Å²) in [5, 5.41) is 2.97. The van der Waals surface area contributed by atoms with Gasteiger partial charge in [-0.05, 0) is 38.3 Å². The van der Waals surface area contributed by atoms with Gasteiger partial charge in [0.15, 0.2) is 0 Å². The molecule has 3 rings (SSSR count). The summed E-state index contributed by atoms with van der Waals surface area (Å²) in [6.45, 7) is 4.84. The molecule has 7 nitrogen and oxygen atoms in total. The van der Waals surface area contributed by atoms with E-state index in [2.05, 4.69) is 20.9 Å². The van der Waals surface area contributed by atoms with Gasteiger partial charge in [0.1, 0.15) is 0 Å². The molecule has 1 aromatic heterocycles. The first-order valence-corrected chi connectivity index (χ1v) is 9.28. The lowest BCUT2D eigenvalue weighted by Crippen LogP contribution is -2.46. The Morgan fingerprint density at radius 1 is 1.27 bits per heavy atom. The van der Waals surface area contributed by atoms with E-state index in [0.717, 1.165) is 24.0 Å². The molecule has 0 saturated carbocycles. The van der Waals surface area contributed by atoms with Crippen LogP contribution in [0.2, 0.25) is 0 Å². The Bertz CT molecular complexity index is 750. The number of imidazole rings is 1. The van der Waals surface area contributed by atoms with Gasteiger partial charge in [0.25, 0.3) is 0 Å². The maximum Gasteiger partial charge on any atom is 0.317 e. The molecular formula is C19H26N4O3. The second-order valence-corrected chi connectivity index (χ2v) is 6.53. The number of nitrogens with zero attached hydrogens (tertiary/aromatic N) is 3. The molecule has 1 fully saturated rings. The fraction of sp³-hybridized carbons (Fsp3) is 0.526. The van der Waals surface area contributed by atoms with Crippen LogP contribution in [0.1, 0.15) is 26.2 Å². The SMILES string of the molecule is CCOC(=O)C1CCN(C(=O)NCCCn2cnc3ccccc32)CC1. The van der Waals surface area contributed by atoms with Crippen LogP contribution < -0.4 is 5.32 Å².